The van der Waals surface area contributed by atoms with E-state index in [0.717, 1.165) is 6.54 Å². The highest BCUT2D eigenvalue weighted by molar-refractivity contribution is 6.18. The number of aliphatic hydroxyl groups is 2. The molecular formula is C8H16ClNO3. The summed E-state index contributed by atoms with van der Waals surface area (Å²) >= 11 is 5.49. The predicted molar refractivity (Wildman–Crippen MR) is 50.0 cm³/mol. The molecule has 0 radical (unpaired) electrons. The molecule has 2 N–H and O–H groups in total. The molecule has 13 heavy (non-hydrogen) atoms. The topological polar surface area (TPSA) is 52.9 Å². The van der Waals surface area contributed by atoms with Gasteiger partial charge >= 0.3 is 0 Å². The largest absolute Gasteiger partial charge is 0.395 e. The molecule has 1 aliphatic heterocycles. The van der Waals surface area contributed by atoms with E-state index in [9.17, 15) is 5.11 Å². The maximum atomic E-state index is 9.33. The Hall–Kier alpha value is 0.130. The standard InChI is InChI=1S/C8H16ClNO3/c9-3-8(12)4-10-1-2-13-6-7(10)5-11/h7-8,11-12H,1-6H2. The summed E-state index contributed by atoms with van der Waals surface area (Å²) in [6.45, 7) is 2.52. The second-order valence-electron chi connectivity index (χ2n) is 3.21. The van der Waals surface area contributed by atoms with Crippen LogP contribution < -0.4 is 0 Å². The molecule has 0 amide bonds. The van der Waals surface area contributed by atoms with Gasteiger partial charge in [0, 0.05) is 19.0 Å². The molecule has 0 aromatic carbocycles. The molecule has 1 rings (SSSR count). The minimum Gasteiger partial charge on any atom is -0.395 e. The Bertz CT molecular complexity index is 147. The molecule has 78 valence electrons. The van der Waals surface area contributed by atoms with E-state index in [4.69, 9.17) is 21.4 Å². The van der Waals surface area contributed by atoms with Gasteiger partial charge in [0.2, 0.25) is 0 Å². The van der Waals surface area contributed by atoms with Crippen LogP contribution in [0.5, 0.6) is 0 Å². The minimum absolute atomic E-state index is 0.00613. The van der Waals surface area contributed by atoms with Crippen LogP contribution in [0.3, 0.4) is 0 Å². The predicted octanol–water partition coefficient (Wildman–Crippen LogP) is -0.721. The van der Waals surface area contributed by atoms with Gasteiger partial charge in [0.1, 0.15) is 0 Å². The number of hydrogen-bond acceptors (Lipinski definition) is 4. The van der Waals surface area contributed by atoms with Gasteiger partial charge in [-0.1, -0.05) is 0 Å². The fourth-order valence-corrected chi connectivity index (χ4v) is 1.51. The summed E-state index contributed by atoms with van der Waals surface area (Å²) < 4.78 is 5.20. The molecule has 0 aliphatic carbocycles. The van der Waals surface area contributed by atoms with E-state index in [1.165, 1.54) is 0 Å². The van der Waals surface area contributed by atoms with Crippen molar-refractivity contribution in [2.24, 2.45) is 0 Å². The lowest BCUT2D eigenvalue weighted by Crippen LogP contribution is -2.50. The van der Waals surface area contributed by atoms with Crippen LogP contribution >= 0.6 is 11.6 Å². The molecular weight excluding hydrogens is 194 g/mol. The molecule has 2 unspecified atom stereocenters. The second kappa shape index (κ2) is 5.78. The van der Waals surface area contributed by atoms with Crippen molar-refractivity contribution in [3.8, 4) is 0 Å². The van der Waals surface area contributed by atoms with Crippen molar-refractivity contribution in [2.75, 3.05) is 38.8 Å². The fourth-order valence-electron chi connectivity index (χ4n) is 1.42. The SMILES string of the molecule is OCC1COCCN1CC(O)CCl. The third-order valence-electron chi connectivity index (χ3n) is 2.18. The van der Waals surface area contributed by atoms with E-state index >= 15 is 0 Å². The van der Waals surface area contributed by atoms with Crippen LogP contribution in [0.25, 0.3) is 0 Å². The van der Waals surface area contributed by atoms with Crippen molar-refractivity contribution in [2.45, 2.75) is 12.1 Å². The second-order valence-corrected chi connectivity index (χ2v) is 3.52. The molecule has 1 heterocycles. The monoisotopic (exact) mass is 209 g/mol. The first-order valence-electron chi connectivity index (χ1n) is 4.44. The average Bonchev–Trinajstić information content (AvgIpc) is 2.18. The molecule has 0 saturated carbocycles. The van der Waals surface area contributed by atoms with Crippen molar-refractivity contribution in [1.29, 1.82) is 0 Å². The number of aliphatic hydroxyl groups excluding tert-OH is 2. The highest BCUT2D eigenvalue weighted by Gasteiger charge is 2.23. The van der Waals surface area contributed by atoms with Crippen molar-refractivity contribution >= 4 is 11.6 Å². The van der Waals surface area contributed by atoms with Crippen LogP contribution in [0.15, 0.2) is 0 Å². The number of ether oxygens (including phenoxy) is 1. The van der Waals surface area contributed by atoms with E-state index in [-0.39, 0.29) is 18.5 Å². The number of alkyl halides is 1. The molecule has 5 heteroatoms. The zero-order chi connectivity index (χ0) is 9.68. The molecule has 2 atom stereocenters. The Morgan fingerprint density at radius 1 is 1.62 bits per heavy atom. The molecule has 0 aromatic rings. The van der Waals surface area contributed by atoms with Crippen LogP contribution in [-0.2, 0) is 4.74 Å². The number of morpholine rings is 1. The summed E-state index contributed by atoms with van der Waals surface area (Å²) in [5.74, 6) is 0.232. The van der Waals surface area contributed by atoms with Gasteiger partial charge in [-0.2, -0.15) is 0 Å². The van der Waals surface area contributed by atoms with Crippen molar-refractivity contribution in [3.63, 3.8) is 0 Å². The van der Waals surface area contributed by atoms with Crippen molar-refractivity contribution in [1.82, 2.24) is 4.90 Å². The molecule has 0 spiro atoms. The normalized spacial score (nSPS) is 27.5. The Morgan fingerprint density at radius 3 is 3.00 bits per heavy atom. The van der Waals surface area contributed by atoms with Gasteiger partial charge in [-0.05, 0) is 0 Å². The van der Waals surface area contributed by atoms with Crippen LogP contribution in [-0.4, -0.2) is 66.0 Å². The zero-order valence-electron chi connectivity index (χ0n) is 7.53. The number of halogens is 1. The lowest BCUT2D eigenvalue weighted by Gasteiger charge is -2.35. The van der Waals surface area contributed by atoms with Crippen LogP contribution in [0.2, 0.25) is 0 Å². The van der Waals surface area contributed by atoms with Crippen LogP contribution in [0, 0.1) is 0 Å². The summed E-state index contributed by atoms with van der Waals surface area (Å²) in [6, 6.07) is 0.00613. The molecule has 0 aromatic heterocycles. The third kappa shape index (κ3) is 3.40. The highest BCUT2D eigenvalue weighted by Crippen LogP contribution is 2.07. The van der Waals surface area contributed by atoms with Gasteiger partial charge in [-0.25, -0.2) is 0 Å². The minimum atomic E-state index is -0.520. The van der Waals surface area contributed by atoms with E-state index < -0.39 is 6.10 Å². The molecule has 1 fully saturated rings. The lowest BCUT2D eigenvalue weighted by atomic mass is 10.2. The van der Waals surface area contributed by atoms with Crippen LogP contribution in [0.4, 0.5) is 0 Å². The van der Waals surface area contributed by atoms with Crippen molar-refractivity contribution < 1.29 is 14.9 Å². The van der Waals surface area contributed by atoms with E-state index in [0.29, 0.717) is 19.8 Å². The van der Waals surface area contributed by atoms with Crippen molar-refractivity contribution in [3.05, 3.63) is 0 Å². The summed E-state index contributed by atoms with van der Waals surface area (Å²) in [4.78, 5) is 2.01. The molecule has 1 saturated heterocycles. The summed E-state index contributed by atoms with van der Waals surface area (Å²) in [6.07, 6.45) is -0.520. The first-order chi connectivity index (χ1) is 6.27. The van der Waals surface area contributed by atoms with E-state index in [1.807, 2.05) is 4.90 Å². The fraction of sp³-hybridized carbons (Fsp3) is 1.00. The van der Waals surface area contributed by atoms with E-state index in [1.54, 1.807) is 0 Å². The maximum absolute atomic E-state index is 9.33. The Balaban J connectivity index is 2.35. The smallest absolute Gasteiger partial charge is 0.0802 e. The highest BCUT2D eigenvalue weighted by atomic mass is 35.5. The van der Waals surface area contributed by atoms with Crippen LogP contribution in [0.1, 0.15) is 0 Å². The number of nitrogens with zero attached hydrogens (tertiary/aromatic N) is 1. The molecule has 1 aliphatic rings. The summed E-state index contributed by atoms with van der Waals surface area (Å²) in [5, 5.41) is 18.3. The maximum Gasteiger partial charge on any atom is 0.0802 e. The van der Waals surface area contributed by atoms with Gasteiger partial charge < -0.3 is 14.9 Å². The number of hydrogen-bond donors (Lipinski definition) is 2. The van der Waals surface area contributed by atoms with Gasteiger partial charge in [0.05, 0.1) is 32.0 Å². The Morgan fingerprint density at radius 2 is 2.38 bits per heavy atom. The quantitative estimate of drug-likeness (QED) is 0.600. The number of β-amino-alcohol motifs (C(OH)–C–C–N with tert-alkyl or cyclic N) is 1. The lowest BCUT2D eigenvalue weighted by molar-refractivity contribution is -0.0408. The van der Waals surface area contributed by atoms with Gasteiger partial charge in [-0.3, -0.25) is 4.90 Å². The molecule has 0 bridgehead atoms. The summed E-state index contributed by atoms with van der Waals surface area (Å²) in [7, 11) is 0. The average molecular weight is 210 g/mol. The molecule has 4 nitrogen and oxygen atoms in total. The first kappa shape index (κ1) is 11.2. The van der Waals surface area contributed by atoms with Gasteiger partial charge in [-0.15, -0.1) is 11.6 Å². The first-order valence-corrected chi connectivity index (χ1v) is 4.98. The Labute approximate surface area is 83.1 Å². The van der Waals surface area contributed by atoms with E-state index in [2.05, 4.69) is 0 Å². The summed E-state index contributed by atoms with van der Waals surface area (Å²) in [5.41, 5.74) is 0. The van der Waals surface area contributed by atoms with Gasteiger partial charge in [0.15, 0.2) is 0 Å². The van der Waals surface area contributed by atoms with Gasteiger partial charge in [0.25, 0.3) is 0 Å². The zero-order valence-corrected chi connectivity index (χ0v) is 8.28. The number of rotatable bonds is 4. The third-order valence-corrected chi connectivity index (χ3v) is 2.54. The Kier molecular flexibility index (Phi) is 4.98.